The molecule has 32 heavy (non-hydrogen) atoms. The van der Waals surface area contributed by atoms with E-state index in [9.17, 15) is 23.3 Å². The second kappa shape index (κ2) is 13.7. The van der Waals surface area contributed by atoms with E-state index < -0.39 is 17.7 Å². The van der Waals surface area contributed by atoms with Gasteiger partial charge in [0.05, 0.1) is 11.5 Å². The first-order valence-electron chi connectivity index (χ1n) is 9.42. The Hall–Kier alpha value is -2.61. The summed E-state index contributed by atoms with van der Waals surface area (Å²) < 4.78 is 40.9. The summed E-state index contributed by atoms with van der Waals surface area (Å²) in [4.78, 5) is 14.3. The number of nitro groups is 1. The number of nitrogens with one attached hydrogen (secondary N) is 3. The molecule has 0 spiro atoms. The van der Waals surface area contributed by atoms with Crippen LogP contribution < -0.4 is 16.0 Å². The third-order valence-electron chi connectivity index (χ3n) is 4.07. The molecule has 0 aliphatic carbocycles. The van der Waals surface area contributed by atoms with Crippen LogP contribution in [0, 0.1) is 10.1 Å². The number of rotatable bonds is 10. The van der Waals surface area contributed by atoms with E-state index in [0.717, 1.165) is 11.3 Å². The molecular formula is C20H25F3IN5O3. The summed E-state index contributed by atoms with van der Waals surface area (Å²) in [5, 5.41) is 20.1. The van der Waals surface area contributed by atoms with Crippen molar-refractivity contribution in [3.63, 3.8) is 0 Å². The molecule has 176 valence electrons. The van der Waals surface area contributed by atoms with Crippen molar-refractivity contribution in [3.8, 4) is 0 Å². The maximum Gasteiger partial charge on any atom is 0.411 e. The standard InChI is InChI=1S/C20H24F3N5O3.HI/c1-24-19(26-11-10-25-17-6-8-18(9-7-17)28(29)30)27-12-15-2-4-16(5-3-15)13-31-14-20(21,22)23;/h2-9,25H,10-14H2,1H3,(H2,24,26,27);1H. The third kappa shape index (κ3) is 10.6. The zero-order valence-electron chi connectivity index (χ0n) is 17.3. The summed E-state index contributed by atoms with van der Waals surface area (Å²) in [6.45, 7) is 0.256. The minimum absolute atomic E-state index is 0. The molecule has 0 aliphatic heterocycles. The predicted octanol–water partition coefficient (Wildman–Crippen LogP) is 4.07. The Morgan fingerprint density at radius 3 is 2.22 bits per heavy atom. The summed E-state index contributed by atoms with van der Waals surface area (Å²) in [6, 6.07) is 13.2. The van der Waals surface area contributed by atoms with Crippen LogP contribution in [0.2, 0.25) is 0 Å². The van der Waals surface area contributed by atoms with E-state index in [2.05, 4.69) is 25.7 Å². The number of ether oxygens (including phenoxy) is 1. The molecular weight excluding hydrogens is 542 g/mol. The Labute approximate surface area is 200 Å². The molecule has 2 aromatic carbocycles. The molecule has 3 N–H and O–H groups in total. The van der Waals surface area contributed by atoms with Gasteiger partial charge in [0.25, 0.3) is 5.69 Å². The zero-order chi connectivity index (χ0) is 22.7. The molecule has 2 aromatic rings. The average molecular weight is 567 g/mol. The van der Waals surface area contributed by atoms with Crippen molar-refractivity contribution in [1.82, 2.24) is 10.6 Å². The average Bonchev–Trinajstić information content (AvgIpc) is 2.73. The van der Waals surface area contributed by atoms with Crippen LogP contribution >= 0.6 is 24.0 Å². The topological polar surface area (TPSA) is 101 Å². The van der Waals surface area contributed by atoms with E-state index in [0.29, 0.717) is 31.2 Å². The third-order valence-corrected chi connectivity index (χ3v) is 4.07. The van der Waals surface area contributed by atoms with Crippen molar-refractivity contribution < 1.29 is 22.8 Å². The molecule has 0 atom stereocenters. The van der Waals surface area contributed by atoms with Gasteiger partial charge < -0.3 is 20.7 Å². The van der Waals surface area contributed by atoms with Gasteiger partial charge >= 0.3 is 6.18 Å². The van der Waals surface area contributed by atoms with Crippen LogP contribution in [0.4, 0.5) is 24.5 Å². The molecule has 0 fully saturated rings. The van der Waals surface area contributed by atoms with Gasteiger partial charge in [-0.25, -0.2) is 0 Å². The van der Waals surface area contributed by atoms with Gasteiger partial charge in [0.15, 0.2) is 5.96 Å². The van der Waals surface area contributed by atoms with E-state index >= 15 is 0 Å². The maximum absolute atomic E-state index is 12.1. The Kier molecular flexibility index (Phi) is 11.8. The summed E-state index contributed by atoms with van der Waals surface area (Å²) in [7, 11) is 1.64. The molecule has 0 saturated carbocycles. The predicted molar refractivity (Wildman–Crippen MR) is 127 cm³/mol. The Morgan fingerprint density at radius 2 is 1.66 bits per heavy atom. The monoisotopic (exact) mass is 567 g/mol. The summed E-state index contributed by atoms with van der Waals surface area (Å²) >= 11 is 0. The van der Waals surface area contributed by atoms with Crippen LogP contribution in [0.25, 0.3) is 0 Å². The lowest BCUT2D eigenvalue weighted by Gasteiger charge is -2.13. The lowest BCUT2D eigenvalue weighted by molar-refractivity contribution is -0.384. The van der Waals surface area contributed by atoms with Gasteiger partial charge in [-0.05, 0) is 23.3 Å². The van der Waals surface area contributed by atoms with Gasteiger partial charge in [-0.15, -0.1) is 24.0 Å². The first-order valence-corrected chi connectivity index (χ1v) is 9.42. The van der Waals surface area contributed by atoms with Gasteiger partial charge in [-0.1, -0.05) is 24.3 Å². The van der Waals surface area contributed by atoms with Crippen LogP contribution in [0.3, 0.4) is 0 Å². The van der Waals surface area contributed by atoms with Crippen LogP contribution in [0.1, 0.15) is 11.1 Å². The molecule has 0 saturated heterocycles. The summed E-state index contributed by atoms with van der Waals surface area (Å²) in [6.07, 6.45) is -4.33. The van der Waals surface area contributed by atoms with Crippen molar-refractivity contribution in [3.05, 3.63) is 69.8 Å². The number of hydrogen-bond acceptors (Lipinski definition) is 5. The molecule has 0 unspecified atom stereocenters. The molecule has 0 aromatic heterocycles. The SMILES string of the molecule is CN=C(NCCNc1ccc([N+](=O)[O-])cc1)NCc1ccc(COCC(F)(F)F)cc1.I. The highest BCUT2D eigenvalue weighted by molar-refractivity contribution is 14.0. The number of anilines is 1. The Morgan fingerprint density at radius 1 is 1.03 bits per heavy atom. The maximum atomic E-state index is 12.1. The van der Waals surface area contributed by atoms with Gasteiger partial charge in [-0.3, -0.25) is 15.1 Å². The fraction of sp³-hybridized carbons (Fsp3) is 0.350. The molecule has 0 radical (unpaired) electrons. The van der Waals surface area contributed by atoms with Crippen molar-refractivity contribution in [2.45, 2.75) is 19.3 Å². The highest BCUT2D eigenvalue weighted by atomic mass is 127. The number of aliphatic imine (C=N–C) groups is 1. The summed E-state index contributed by atoms with van der Waals surface area (Å²) in [5.41, 5.74) is 2.41. The van der Waals surface area contributed by atoms with Gasteiger partial charge in [0.1, 0.15) is 6.61 Å². The normalized spacial score (nSPS) is 11.4. The minimum Gasteiger partial charge on any atom is -0.383 e. The van der Waals surface area contributed by atoms with E-state index in [1.54, 1.807) is 31.3 Å². The second-order valence-corrected chi connectivity index (χ2v) is 6.51. The molecule has 0 bridgehead atoms. The second-order valence-electron chi connectivity index (χ2n) is 6.51. The summed E-state index contributed by atoms with van der Waals surface area (Å²) in [5.74, 6) is 0.586. The molecule has 0 heterocycles. The first kappa shape index (κ1) is 27.4. The number of guanidine groups is 1. The van der Waals surface area contributed by atoms with Gasteiger partial charge in [0.2, 0.25) is 0 Å². The van der Waals surface area contributed by atoms with E-state index in [1.165, 1.54) is 12.1 Å². The molecule has 0 amide bonds. The fourth-order valence-corrected chi connectivity index (χ4v) is 2.53. The van der Waals surface area contributed by atoms with E-state index in [-0.39, 0.29) is 36.3 Å². The highest BCUT2D eigenvalue weighted by Gasteiger charge is 2.27. The molecule has 2 rings (SSSR count). The van der Waals surface area contributed by atoms with Gasteiger partial charge in [0, 0.05) is 44.5 Å². The molecule has 0 aliphatic rings. The number of nitrogens with zero attached hydrogens (tertiary/aromatic N) is 2. The largest absolute Gasteiger partial charge is 0.411 e. The number of non-ortho nitro benzene ring substituents is 1. The number of alkyl halides is 3. The smallest absolute Gasteiger partial charge is 0.383 e. The van der Waals surface area contributed by atoms with Crippen LogP contribution in [0.15, 0.2) is 53.5 Å². The number of nitro benzene ring substituents is 1. The number of benzene rings is 2. The van der Waals surface area contributed by atoms with Crippen molar-refractivity contribution >= 4 is 41.3 Å². The van der Waals surface area contributed by atoms with Crippen LogP contribution in [0.5, 0.6) is 0 Å². The lowest BCUT2D eigenvalue weighted by Crippen LogP contribution is -2.39. The quantitative estimate of drug-likeness (QED) is 0.100. The molecule has 8 nitrogen and oxygen atoms in total. The van der Waals surface area contributed by atoms with Gasteiger partial charge in [-0.2, -0.15) is 13.2 Å². The fourth-order valence-electron chi connectivity index (χ4n) is 2.53. The van der Waals surface area contributed by atoms with E-state index in [4.69, 9.17) is 0 Å². The lowest BCUT2D eigenvalue weighted by atomic mass is 10.1. The first-order chi connectivity index (χ1) is 14.8. The highest BCUT2D eigenvalue weighted by Crippen LogP contribution is 2.16. The van der Waals surface area contributed by atoms with Crippen molar-refractivity contribution in [2.75, 3.05) is 32.1 Å². The van der Waals surface area contributed by atoms with Crippen molar-refractivity contribution in [2.24, 2.45) is 4.99 Å². The molecule has 12 heteroatoms. The number of halogens is 4. The van der Waals surface area contributed by atoms with Crippen LogP contribution in [-0.4, -0.2) is 43.8 Å². The number of hydrogen-bond donors (Lipinski definition) is 3. The minimum atomic E-state index is -4.33. The Bertz CT molecular complexity index is 862. The van der Waals surface area contributed by atoms with Crippen molar-refractivity contribution in [1.29, 1.82) is 0 Å². The van der Waals surface area contributed by atoms with E-state index in [1.807, 2.05) is 12.1 Å². The Balaban J connectivity index is 0.00000512. The van der Waals surface area contributed by atoms with Crippen LogP contribution in [-0.2, 0) is 17.9 Å². The zero-order valence-corrected chi connectivity index (χ0v) is 19.6.